The number of rotatable bonds is 5. The molecule has 1 amide bonds. The number of benzene rings is 1. The third kappa shape index (κ3) is 4.10. The number of thioether (sulfide) groups is 1. The Morgan fingerprint density at radius 2 is 2.11 bits per heavy atom. The average molecular weight is 387 g/mol. The van der Waals surface area contributed by atoms with Gasteiger partial charge >= 0.3 is 5.97 Å². The SMILES string of the molecule is CCOC(=O)CN1CSC2=C(C#N)C(c3ccc(OC)cc3)CC(=O)N2C1. The van der Waals surface area contributed by atoms with Crippen molar-refractivity contribution in [2.45, 2.75) is 19.3 Å². The Bertz CT molecular complexity index is 800. The van der Waals surface area contributed by atoms with Crippen molar-refractivity contribution in [1.82, 2.24) is 9.80 Å². The number of fused-ring (bicyclic) bond motifs is 1. The van der Waals surface area contributed by atoms with E-state index in [0.29, 0.717) is 29.8 Å². The minimum absolute atomic E-state index is 0.0501. The standard InChI is InChI=1S/C19H21N3O4S/c1-3-26-18(24)10-21-11-22-17(23)8-15(16(9-20)19(22)27-12-21)13-4-6-14(25-2)7-5-13/h4-7,15H,3,8,10-12H2,1-2H3. The van der Waals surface area contributed by atoms with Crippen molar-refractivity contribution < 1.29 is 19.1 Å². The molecule has 0 bridgehead atoms. The third-order valence-corrected chi connectivity index (χ3v) is 5.73. The van der Waals surface area contributed by atoms with Crippen molar-refractivity contribution in [3.8, 4) is 11.8 Å². The minimum Gasteiger partial charge on any atom is -0.497 e. The van der Waals surface area contributed by atoms with Gasteiger partial charge in [-0.2, -0.15) is 5.26 Å². The Hall–Kier alpha value is -2.50. The Morgan fingerprint density at radius 1 is 1.37 bits per heavy atom. The van der Waals surface area contributed by atoms with E-state index in [1.807, 2.05) is 29.2 Å². The molecule has 2 heterocycles. The number of hydrogen-bond acceptors (Lipinski definition) is 7. The summed E-state index contributed by atoms with van der Waals surface area (Å²) in [4.78, 5) is 27.9. The summed E-state index contributed by atoms with van der Waals surface area (Å²) in [6.45, 7) is 2.51. The lowest BCUT2D eigenvalue weighted by Crippen LogP contribution is -2.48. The molecule has 0 aliphatic carbocycles. The number of nitrogens with zero attached hydrogens (tertiary/aromatic N) is 3. The molecule has 0 aromatic heterocycles. The van der Waals surface area contributed by atoms with Gasteiger partial charge in [0.2, 0.25) is 5.91 Å². The molecule has 142 valence electrons. The second-order valence-corrected chi connectivity index (χ2v) is 7.16. The first-order chi connectivity index (χ1) is 13.1. The predicted molar refractivity (Wildman–Crippen MR) is 101 cm³/mol. The zero-order valence-electron chi connectivity index (χ0n) is 15.3. The molecule has 2 aliphatic rings. The van der Waals surface area contributed by atoms with E-state index >= 15 is 0 Å². The van der Waals surface area contributed by atoms with Gasteiger partial charge < -0.3 is 9.47 Å². The minimum atomic E-state index is -0.313. The summed E-state index contributed by atoms with van der Waals surface area (Å²) in [6.07, 6.45) is 0.229. The summed E-state index contributed by atoms with van der Waals surface area (Å²) in [7, 11) is 1.60. The molecule has 27 heavy (non-hydrogen) atoms. The van der Waals surface area contributed by atoms with E-state index < -0.39 is 0 Å². The quantitative estimate of drug-likeness (QED) is 0.717. The first kappa shape index (κ1) is 19.3. The van der Waals surface area contributed by atoms with Crippen LogP contribution in [-0.2, 0) is 14.3 Å². The highest BCUT2D eigenvalue weighted by Gasteiger charge is 2.38. The van der Waals surface area contributed by atoms with Crippen LogP contribution in [0.4, 0.5) is 0 Å². The van der Waals surface area contributed by atoms with Crippen LogP contribution in [0.5, 0.6) is 5.75 Å². The van der Waals surface area contributed by atoms with Gasteiger partial charge in [0.1, 0.15) is 5.75 Å². The van der Waals surface area contributed by atoms with Crippen LogP contribution in [0.25, 0.3) is 0 Å². The van der Waals surface area contributed by atoms with Crippen molar-refractivity contribution in [2.24, 2.45) is 0 Å². The lowest BCUT2D eigenvalue weighted by Gasteiger charge is -2.40. The molecule has 1 saturated heterocycles. The van der Waals surface area contributed by atoms with Crippen molar-refractivity contribution in [3.05, 3.63) is 40.4 Å². The Labute approximate surface area is 162 Å². The number of methoxy groups -OCH3 is 1. The van der Waals surface area contributed by atoms with Crippen molar-refractivity contribution in [3.63, 3.8) is 0 Å². The Balaban J connectivity index is 1.82. The third-order valence-electron chi connectivity index (χ3n) is 4.53. The Kier molecular flexibility index (Phi) is 6.04. The van der Waals surface area contributed by atoms with Gasteiger partial charge in [0.25, 0.3) is 0 Å². The second-order valence-electron chi connectivity index (χ2n) is 6.23. The monoisotopic (exact) mass is 387 g/mol. The molecule has 8 heteroatoms. The highest BCUT2D eigenvalue weighted by molar-refractivity contribution is 8.03. The average Bonchev–Trinajstić information content (AvgIpc) is 2.68. The van der Waals surface area contributed by atoms with E-state index in [-0.39, 0.29) is 30.8 Å². The molecule has 1 fully saturated rings. The number of hydrogen-bond donors (Lipinski definition) is 0. The fourth-order valence-corrected chi connectivity index (χ4v) is 4.35. The van der Waals surface area contributed by atoms with Gasteiger partial charge in [0.05, 0.1) is 49.5 Å². The van der Waals surface area contributed by atoms with Crippen LogP contribution in [0, 0.1) is 11.3 Å². The lowest BCUT2D eigenvalue weighted by molar-refractivity contribution is -0.146. The van der Waals surface area contributed by atoms with E-state index in [9.17, 15) is 14.9 Å². The van der Waals surface area contributed by atoms with Crippen LogP contribution in [-0.4, -0.2) is 54.5 Å². The maximum absolute atomic E-state index is 12.8. The molecule has 0 radical (unpaired) electrons. The van der Waals surface area contributed by atoms with Crippen molar-refractivity contribution >= 4 is 23.6 Å². The van der Waals surface area contributed by atoms with E-state index in [1.165, 1.54) is 11.8 Å². The van der Waals surface area contributed by atoms with Gasteiger partial charge in [0, 0.05) is 12.3 Å². The van der Waals surface area contributed by atoms with Gasteiger partial charge in [-0.3, -0.25) is 19.4 Å². The summed E-state index contributed by atoms with van der Waals surface area (Å²) in [5.41, 5.74) is 1.52. The maximum atomic E-state index is 12.8. The smallest absolute Gasteiger partial charge is 0.320 e. The highest BCUT2D eigenvalue weighted by Crippen LogP contribution is 2.42. The van der Waals surface area contributed by atoms with E-state index in [0.717, 1.165) is 11.3 Å². The lowest BCUT2D eigenvalue weighted by atomic mass is 9.86. The van der Waals surface area contributed by atoms with Gasteiger partial charge in [-0.25, -0.2) is 0 Å². The number of nitriles is 1. The summed E-state index contributed by atoms with van der Waals surface area (Å²) in [5.74, 6) is 0.634. The molecule has 1 aromatic rings. The maximum Gasteiger partial charge on any atom is 0.320 e. The Morgan fingerprint density at radius 3 is 2.74 bits per heavy atom. The molecular weight excluding hydrogens is 366 g/mol. The second kappa shape index (κ2) is 8.46. The van der Waals surface area contributed by atoms with Crippen LogP contribution in [0.3, 0.4) is 0 Å². The van der Waals surface area contributed by atoms with Gasteiger partial charge in [-0.1, -0.05) is 23.9 Å². The fourth-order valence-electron chi connectivity index (χ4n) is 3.22. The molecule has 1 aromatic carbocycles. The molecule has 0 saturated carbocycles. The van der Waals surface area contributed by atoms with Crippen LogP contribution < -0.4 is 4.74 Å². The highest BCUT2D eigenvalue weighted by atomic mass is 32.2. The van der Waals surface area contributed by atoms with E-state index in [4.69, 9.17) is 9.47 Å². The van der Waals surface area contributed by atoms with Gasteiger partial charge in [-0.05, 0) is 24.6 Å². The fraction of sp³-hybridized carbons (Fsp3) is 0.421. The van der Waals surface area contributed by atoms with Crippen LogP contribution in [0.2, 0.25) is 0 Å². The van der Waals surface area contributed by atoms with Gasteiger partial charge in [0.15, 0.2) is 0 Å². The number of amides is 1. The van der Waals surface area contributed by atoms with Gasteiger partial charge in [-0.15, -0.1) is 0 Å². The number of ether oxygens (including phenoxy) is 2. The predicted octanol–water partition coefficient (Wildman–Crippen LogP) is 2.27. The molecule has 0 N–H and O–H groups in total. The number of esters is 1. The van der Waals surface area contributed by atoms with Crippen molar-refractivity contribution in [2.75, 3.05) is 32.8 Å². The van der Waals surface area contributed by atoms with Crippen LogP contribution >= 0.6 is 11.8 Å². The molecule has 1 atom stereocenters. The summed E-state index contributed by atoms with van der Waals surface area (Å²) < 4.78 is 10.2. The summed E-state index contributed by atoms with van der Waals surface area (Å²) >= 11 is 1.41. The molecule has 2 aliphatic heterocycles. The summed E-state index contributed by atoms with van der Waals surface area (Å²) in [5, 5.41) is 10.4. The largest absolute Gasteiger partial charge is 0.497 e. The molecule has 1 unspecified atom stereocenters. The first-order valence-corrected chi connectivity index (χ1v) is 9.65. The first-order valence-electron chi connectivity index (χ1n) is 8.66. The topological polar surface area (TPSA) is 82.9 Å². The summed E-state index contributed by atoms with van der Waals surface area (Å²) in [6, 6.07) is 9.76. The molecule has 0 spiro atoms. The molecular formula is C19H21N3O4S. The normalized spacial score (nSPS) is 20.1. The van der Waals surface area contributed by atoms with E-state index in [2.05, 4.69) is 6.07 Å². The molecule has 7 nitrogen and oxygen atoms in total. The van der Waals surface area contributed by atoms with Crippen molar-refractivity contribution in [1.29, 1.82) is 5.26 Å². The zero-order valence-corrected chi connectivity index (χ0v) is 16.1. The van der Waals surface area contributed by atoms with Crippen LogP contribution in [0.1, 0.15) is 24.8 Å². The van der Waals surface area contributed by atoms with E-state index in [1.54, 1.807) is 18.9 Å². The number of carbonyl (C=O) groups is 2. The number of carbonyl (C=O) groups excluding carboxylic acids is 2. The zero-order chi connectivity index (χ0) is 19.4. The molecule has 3 rings (SSSR count). The number of allylic oxidation sites excluding steroid dienone is 1. The van der Waals surface area contributed by atoms with Crippen LogP contribution in [0.15, 0.2) is 34.9 Å².